The Morgan fingerprint density at radius 1 is 1.43 bits per heavy atom. The average Bonchev–Trinajstić information content (AvgIpc) is 2.52. The third-order valence-electron chi connectivity index (χ3n) is 1.78. The molecular weight excluding hydrogens is 196 g/mol. The molecule has 4 heteroatoms. The van der Waals surface area contributed by atoms with E-state index in [0.29, 0.717) is 0 Å². The minimum Gasteiger partial charge on any atom is -0.468 e. The van der Waals surface area contributed by atoms with Crippen molar-refractivity contribution in [2.45, 2.75) is 16.8 Å². The predicted octanol–water partition coefficient (Wildman–Crippen LogP) is 2.72. The molecule has 0 saturated carbocycles. The summed E-state index contributed by atoms with van der Waals surface area (Å²) in [7, 11) is 0. The minimum absolute atomic E-state index is 0.726. The van der Waals surface area contributed by atoms with Crippen molar-refractivity contribution in [2.75, 3.05) is 5.73 Å². The Morgan fingerprint density at radius 3 is 2.93 bits per heavy atom. The highest BCUT2D eigenvalue weighted by molar-refractivity contribution is 7.99. The van der Waals surface area contributed by atoms with Crippen molar-refractivity contribution in [1.82, 2.24) is 4.98 Å². The Labute approximate surface area is 86.3 Å². The molecule has 2 aromatic heterocycles. The van der Waals surface area contributed by atoms with E-state index in [0.717, 1.165) is 21.4 Å². The molecule has 72 valence electrons. The number of rotatable bonds is 2. The molecule has 0 unspecified atom stereocenters. The van der Waals surface area contributed by atoms with Crippen LogP contribution in [0.5, 0.6) is 0 Å². The topological polar surface area (TPSA) is 52.0 Å². The fourth-order valence-electron chi connectivity index (χ4n) is 1.07. The van der Waals surface area contributed by atoms with Crippen LogP contribution < -0.4 is 5.73 Å². The SMILES string of the molecule is Cc1occc1Sc1cc(N)ccn1. The lowest BCUT2D eigenvalue weighted by atomic mass is 10.4. The lowest BCUT2D eigenvalue weighted by Gasteiger charge is -1.99. The Bertz CT molecular complexity index is 439. The van der Waals surface area contributed by atoms with Crippen molar-refractivity contribution in [3.8, 4) is 0 Å². The standard InChI is InChI=1S/C10H10N2OS/c1-7-9(3-5-13-7)14-10-6-8(11)2-4-12-10/h2-6H,1H3,(H2,11,12). The summed E-state index contributed by atoms with van der Waals surface area (Å²) < 4.78 is 5.19. The van der Waals surface area contributed by atoms with Gasteiger partial charge >= 0.3 is 0 Å². The van der Waals surface area contributed by atoms with Crippen molar-refractivity contribution >= 4 is 17.4 Å². The molecule has 3 nitrogen and oxygen atoms in total. The number of pyridine rings is 1. The molecule has 2 N–H and O–H groups in total. The Kier molecular flexibility index (Phi) is 2.45. The maximum Gasteiger partial charge on any atom is 0.114 e. The summed E-state index contributed by atoms with van der Waals surface area (Å²) in [6.07, 6.45) is 3.37. The van der Waals surface area contributed by atoms with Gasteiger partial charge in [0.25, 0.3) is 0 Å². The van der Waals surface area contributed by atoms with Gasteiger partial charge in [0, 0.05) is 11.9 Å². The summed E-state index contributed by atoms with van der Waals surface area (Å²) >= 11 is 1.55. The molecule has 0 atom stereocenters. The molecule has 0 amide bonds. The minimum atomic E-state index is 0.726. The molecule has 0 spiro atoms. The first-order chi connectivity index (χ1) is 6.75. The maximum atomic E-state index is 5.65. The van der Waals surface area contributed by atoms with Gasteiger partial charge in [0.2, 0.25) is 0 Å². The molecule has 2 heterocycles. The second-order valence-corrected chi connectivity index (χ2v) is 3.93. The average molecular weight is 206 g/mol. The number of nitrogen functional groups attached to an aromatic ring is 1. The molecule has 0 radical (unpaired) electrons. The molecular formula is C10H10N2OS. The number of aryl methyl sites for hydroxylation is 1. The number of aromatic nitrogens is 1. The summed E-state index contributed by atoms with van der Waals surface area (Å²) in [5, 5.41) is 0.884. The molecule has 0 aliphatic carbocycles. The highest BCUT2D eigenvalue weighted by atomic mass is 32.2. The maximum absolute atomic E-state index is 5.65. The zero-order valence-corrected chi connectivity index (χ0v) is 8.54. The van der Waals surface area contributed by atoms with Crippen LogP contribution in [0.4, 0.5) is 5.69 Å². The fraction of sp³-hybridized carbons (Fsp3) is 0.100. The molecule has 0 aliphatic rings. The zero-order chi connectivity index (χ0) is 9.97. The van der Waals surface area contributed by atoms with Gasteiger partial charge < -0.3 is 10.2 Å². The third-order valence-corrected chi connectivity index (χ3v) is 2.86. The number of nitrogens with two attached hydrogens (primary N) is 1. The van der Waals surface area contributed by atoms with Gasteiger partial charge in [-0.1, -0.05) is 11.8 Å². The van der Waals surface area contributed by atoms with E-state index in [1.54, 1.807) is 30.3 Å². The number of furan rings is 1. The predicted molar refractivity (Wildman–Crippen MR) is 56.2 cm³/mol. The molecule has 0 bridgehead atoms. The summed E-state index contributed by atoms with van der Waals surface area (Å²) in [5.41, 5.74) is 6.37. The van der Waals surface area contributed by atoms with Crippen molar-refractivity contribution in [2.24, 2.45) is 0 Å². The highest BCUT2D eigenvalue weighted by Gasteiger charge is 2.04. The highest BCUT2D eigenvalue weighted by Crippen LogP contribution is 2.29. The van der Waals surface area contributed by atoms with Gasteiger partial charge in [-0.05, 0) is 25.1 Å². The van der Waals surface area contributed by atoms with Gasteiger partial charge in [-0.15, -0.1) is 0 Å². The monoisotopic (exact) mass is 206 g/mol. The van der Waals surface area contributed by atoms with Crippen LogP contribution in [0, 0.1) is 6.92 Å². The van der Waals surface area contributed by atoms with Crippen LogP contribution in [0.3, 0.4) is 0 Å². The van der Waals surface area contributed by atoms with E-state index in [4.69, 9.17) is 10.2 Å². The van der Waals surface area contributed by atoms with Gasteiger partial charge in [0.15, 0.2) is 0 Å². The van der Waals surface area contributed by atoms with Crippen LogP contribution in [-0.4, -0.2) is 4.98 Å². The first kappa shape index (κ1) is 9.15. The molecule has 0 aromatic carbocycles. The Morgan fingerprint density at radius 2 is 2.29 bits per heavy atom. The third kappa shape index (κ3) is 1.90. The summed E-state index contributed by atoms with van der Waals surface area (Å²) in [6, 6.07) is 5.54. The number of anilines is 1. The smallest absolute Gasteiger partial charge is 0.114 e. The van der Waals surface area contributed by atoms with Gasteiger partial charge in [0.1, 0.15) is 10.8 Å². The fourth-order valence-corrected chi connectivity index (χ4v) is 1.92. The van der Waals surface area contributed by atoms with E-state index in [1.165, 1.54) is 0 Å². The van der Waals surface area contributed by atoms with Gasteiger partial charge in [-0.2, -0.15) is 0 Å². The molecule has 0 aliphatic heterocycles. The molecule has 0 saturated heterocycles. The molecule has 2 aromatic rings. The van der Waals surface area contributed by atoms with Crippen molar-refractivity contribution in [1.29, 1.82) is 0 Å². The largest absolute Gasteiger partial charge is 0.468 e. The lowest BCUT2D eigenvalue weighted by molar-refractivity contribution is 0.527. The van der Waals surface area contributed by atoms with Crippen molar-refractivity contribution < 1.29 is 4.42 Å². The van der Waals surface area contributed by atoms with E-state index in [-0.39, 0.29) is 0 Å². The Hall–Kier alpha value is -1.42. The van der Waals surface area contributed by atoms with Gasteiger partial charge in [0.05, 0.1) is 11.2 Å². The molecule has 2 rings (SSSR count). The number of hydrogen-bond acceptors (Lipinski definition) is 4. The van der Waals surface area contributed by atoms with E-state index in [1.807, 2.05) is 19.1 Å². The number of nitrogens with zero attached hydrogens (tertiary/aromatic N) is 1. The quantitative estimate of drug-likeness (QED) is 0.820. The van der Waals surface area contributed by atoms with E-state index in [2.05, 4.69) is 4.98 Å². The first-order valence-corrected chi connectivity index (χ1v) is 5.01. The van der Waals surface area contributed by atoms with Gasteiger partial charge in [-0.3, -0.25) is 0 Å². The lowest BCUT2D eigenvalue weighted by Crippen LogP contribution is -1.86. The van der Waals surface area contributed by atoms with Crippen LogP contribution in [0.1, 0.15) is 5.76 Å². The van der Waals surface area contributed by atoms with Crippen LogP contribution in [-0.2, 0) is 0 Å². The van der Waals surface area contributed by atoms with E-state index >= 15 is 0 Å². The van der Waals surface area contributed by atoms with Crippen molar-refractivity contribution in [3.63, 3.8) is 0 Å². The van der Waals surface area contributed by atoms with Gasteiger partial charge in [-0.25, -0.2) is 4.98 Å². The van der Waals surface area contributed by atoms with Crippen LogP contribution in [0.2, 0.25) is 0 Å². The number of hydrogen-bond donors (Lipinski definition) is 1. The van der Waals surface area contributed by atoms with Crippen LogP contribution >= 0.6 is 11.8 Å². The summed E-state index contributed by atoms with van der Waals surface area (Å²) in [6.45, 7) is 1.93. The zero-order valence-electron chi connectivity index (χ0n) is 7.73. The second-order valence-electron chi connectivity index (χ2n) is 2.87. The molecule has 14 heavy (non-hydrogen) atoms. The van der Waals surface area contributed by atoms with Crippen molar-refractivity contribution in [3.05, 3.63) is 36.4 Å². The second kappa shape index (κ2) is 3.75. The van der Waals surface area contributed by atoms with E-state index < -0.39 is 0 Å². The van der Waals surface area contributed by atoms with E-state index in [9.17, 15) is 0 Å². The van der Waals surface area contributed by atoms with Crippen LogP contribution in [0.25, 0.3) is 0 Å². The summed E-state index contributed by atoms with van der Waals surface area (Å²) in [4.78, 5) is 5.27. The summed E-state index contributed by atoms with van der Waals surface area (Å²) in [5.74, 6) is 0.902. The normalized spacial score (nSPS) is 10.4. The first-order valence-electron chi connectivity index (χ1n) is 4.19. The molecule has 0 fully saturated rings. The Balaban J connectivity index is 2.23. The van der Waals surface area contributed by atoms with Crippen LogP contribution in [0.15, 0.2) is 45.0 Å².